The lowest BCUT2D eigenvalue weighted by Gasteiger charge is -2.34. The second-order valence-corrected chi connectivity index (χ2v) is 9.56. The molecule has 2 aliphatic rings. The third-order valence-corrected chi connectivity index (χ3v) is 6.89. The Morgan fingerprint density at radius 1 is 1.14 bits per heavy atom. The highest BCUT2D eigenvalue weighted by molar-refractivity contribution is 5.90. The summed E-state index contributed by atoms with van der Waals surface area (Å²) >= 11 is 0. The van der Waals surface area contributed by atoms with Crippen LogP contribution in [0.4, 0.5) is 11.6 Å². The van der Waals surface area contributed by atoms with Crippen molar-refractivity contribution in [3.63, 3.8) is 0 Å². The normalized spacial score (nSPS) is 16.3. The van der Waals surface area contributed by atoms with Crippen LogP contribution < -0.4 is 15.0 Å². The van der Waals surface area contributed by atoms with Gasteiger partial charge < -0.3 is 24.4 Å². The second-order valence-electron chi connectivity index (χ2n) is 9.56. The van der Waals surface area contributed by atoms with Crippen molar-refractivity contribution in [1.29, 1.82) is 0 Å². The molecule has 9 heteroatoms. The van der Waals surface area contributed by atoms with Gasteiger partial charge in [-0.25, -0.2) is 15.0 Å². The maximum Gasteiger partial charge on any atom is 0.156 e. The number of anilines is 2. The quantitative estimate of drug-likeness (QED) is 0.558. The summed E-state index contributed by atoms with van der Waals surface area (Å²) in [4.78, 5) is 30.6. The first kappa shape index (κ1) is 23.3. The molecule has 0 unspecified atom stereocenters. The van der Waals surface area contributed by atoms with E-state index < -0.39 is 0 Å². The number of methoxy groups -OCH3 is 1. The van der Waals surface area contributed by atoms with Crippen LogP contribution in [0.1, 0.15) is 30.1 Å². The van der Waals surface area contributed by atoms with E-state index in [0.717, 1.165) is 79.1 Å². The maximum atomic E-state index is 12.0. The molecule has 35 heavy (non-hydrogen) atoms. The molecule has 0 radical (unpaired) electrons. The molecule has 3 aromatic rings. The molecule has 184 valence electrons. The van der Waals surface area contributed by atoms with E-state index in [-0.39, 0.29) is 5.78 Å². The minimum Gasteiger partial charge on any atom is -0.497 e. The van der Waals surface area contributed by atoms with Gasteiger partial charge >= 0.3 is 0 Å². The first-order valence-corrected chi connectivity index (χ1v) is 12.2. The van der Waals surface area contributed by atoms with Crippen LogP contribution in [0.5, 0.6) is 5.75 Å². The Morgan fingerprint density at radius 2 is 1.91 bits per heavy atom. The second kappa shape index (κ2) is 10.0. The number of aromatic nitrogens is 4. The maximum absolute atomic E-state index is 12.0. The summed E-state index contributed by atoms with van der Waals surface area (Å²) < 4.78 is 7.64. The van der Waals surface area contributed by atoms with E-state index in [1.807, 2.05) is 12.1 Å². The van der Waals surface area contributed by atoms with E-state index in [1.54, 1.807) is 13.4 Å². The van der Waals surface area contributed by atoms with Crippen LogP contribution in [0, 0.1) is 0 Å². The van der Waals surface area contributed by atoms with Crippen LogP contribution in [-0.4, -0.2) is 77.6 Å². The standard InChI is InChI=1S/C26H33N7O2/c1-31(2)12-13-33-16-23(18-4-6-21(35-3)7-5-18)30-25(33)19-8-10-32(11-9-19)26-22-14-20(34)15-27-24(22)28-17-29-26/h4-7,16-17,19H,8-15H2,1-3H3,(H,27,28,29). The number of rotatable bonds is 7. The fraction of sp³-hybridized carbons (Fsp3) is 0.462. The van der Waals surface area contributed by atoms with E-state index in [4.69, 9.17) is 9.72 Å². The molecule has 0 amide bonds. The zero-order valence-corrected chi connectivity index (χ0v) is 20.7. The monoisotopic (exact) mass is 475 g/mol. The van der Waals surface area contributed by atoms with Crippen LogP contribution in [0.3, 0.4) is 0 Å². The molecule has 1 aromatic carbocycles. The van der Waals surface area contributed by atoms with Crippen LogP contribution in [0.25, 0.3) is 11.3 Å². The Labute approximate surface area is 206 Å². The summed E-state index contributed by atoms with van der Waals surface area (Å²) in [5.41, 5.74) is 3.02. The highest BCUT2D eigenvalue weighted by atomic mass is 16.5. The van der Waals surface area contributed by atoms with E-state index in [0.29, 0.717) is 18.9 Å². The molecule has 4 heterocycles. The largest absolute Gasteiger partial charge is 0.497 e. The van der Waals surface area contributed by atoms with E-state index in [1.165, 1.54) is 0 Å². The SMILES string of the molecule is COc1ccc(-c2cn(CCN(C)C)c(C3CCN(c4ncnc5c4CC(=O)CN5)CC3)n2)cc1. The first-order valence-electron chi connectivity index (χ1n) is 12.2. The number of fused-ring (bicyclic) bond motifs is 1. The predicted molar refractivity (Wildman–Crippen MR) is 136 cm³/mol. The summed E-state index contributed by atoms with van der Waals surface area (Å²) in [6, 6.07) is 8.09. The van der Waals surface area contributed by atoms with Gasteiger partial charge in [-0.05, 0) is 51.2 Å². The lowest BCUT2D eigenvalue weighted by atomic mass is 9.95. The number of piperidine rings is 1. The highest BCUT2D eigenvalue weighted by Crippen LogP contribution is 2.34. The average Bonchev–Trinajstić information content (AvgIpc) is 3.31. The fourth-order valence-corrected chi connectivity index (χ4v) is 4.93. The average molecular weight is 476 g/mol. The van der Waals surface area contributed by atoms with Crippen molar-refractivity contribution in [2.45, 2.75) is 31.7 Å². The molecule has 0 bridgehead atoms. The van der Waals surface area contributed by atoms with E-state index in [2.05, 4.69) is 62.1 Å². The number of hydrogen-bond donors (Lipinski definition) is 1. The smallest absolute Gasteiger partial charge is 0.156 e. The molecule has 2 aliphatic heterocycles. The van der Waals surface area contributed by atoms with Gasteiger partial charge in [-0.15, -0.1) is 0 Å². The number of ether oxygens (including phenoxy) is 1. The lowest BCUT2D eigenvalue weighted by molar-refractivity contribution is -0.117. The number of Topliss-reactive ketones (excluding diaryl/α,β-unsaturated/α-hetero) is 1. The van der Waals surface area contributed by atoms with Gasteiger partial charge in [0.15, 0.2) is 5.78 Å². The zero-order valence-electron chi connectivity index (χ0n) is 20.7. The molecule has 9 nitrogen and oxygen atoms in total. The number of nitrogens with zero attached hydrogens (tertiary/aromatic N) is 6. The van der Waals surface area contributed by atoms with Crippen LogP contribution in [0.15, 0.2) is 36.8 Å². The Balaban J connectivity index is 1.36. The Bertz CT molecular complexity index is 1180. The third-order valence-electron chi connectivity index (χ3n) is 6.89. The summed E-state index contributed by atoms with van der Waals surface area (Å²) in [6.45, 7) is 3.95. The van der Waals surface area contributed by atoms with Gasteiger partial charge in [-0.2, -0.15) is 0 Å². The van der Waals surface area contributed by atoms with Crippen molar-refractivity contribution in [3.05, 3.63) is 48.2 Å². The topological polar surface area (TPSA) is 88.4 Å². The van der Waals surface area contributed by atoms with Crippen molar-refractivity contribution < 1.29 is 9.53 Å². The summed E-state index contributed by atoms with van der Waals surface area (Å²) in [7, 11) is 5.88. The summed E-state index contributed by atoms with van der Waals surface area (Å²) in [6.07, 6.45) is 6.16. The van der Waals surface area contributed by atoms with Gasteiger partial charge in [0.25, 0.3) is 0 Å². The van der Waals surface area contributed by atoms with Crippen LogP contribution in [0.2, 0.25) is 0 Å². The molecule has 1 N–H and O–H groups in total. The minimum absolute atomic E-state index is 0.178. The minimum atomic E-state index is 0.178. The molecule has 0 atom stereocenters. The Morgan fingerprint density at radius 3 is 2.63 bits per heavy atom. The molecule has 1 fully saturated rings. The number of nitrogens with one attached hydrogen (secondary N) is 1. The van der Waals surface area contributed by atoms with Gasteiger partial charge in [0.2, 0.25) is 0 Å². The van der Waals surface area contributed by atoms with Crippen molar-refractivity contribution in [2.75, 3.05) is 57.6 Å². The molecule has 0 aliphatic carbocycles. The molecule has 5 rings (SSSR count). The first-order chi connectivity index (χ1) is 17.0. The van der Waals surface area contributed by atoms with Gasteiger partial charge in [0.05, 0.1) is 19.3 Å². The Kier molecular flexibility index (Phi) is 6.68. The Hall–Kier alpha value is -3.46. The van der Waals surface area contributed by atoms with E-state index in [9.17, 15) is 4.79 Å². The molecular weight excluding hydrogens is 442 g/mol. The van der Waals surface area contributed by atoms with Gasteiger partial charge in [0, 0.05) is 55.8 Å². The lowest BCUT2D eigenvalue weighted by Crippen LogP contribution is -2.36. The summed E-state index contributed by atoms with van der Waals surface area (Å²) in [5.74, 6) is 4.23. The third kappa shape index (κ3) is 5.00. The predicted octanol–water partition coefficient (Wildman–Crippen LogP) is 2.83. The van der Waals surface area contributed by atoms with Crippen molar-refractivity contribution in [3.8, 4) is 17.0 Å². The van der Waals surface area contributed by atoms with Crippen molar-refractivity contribution >= 4 is 17.4 Å². The number of likely N-dealkylation sites (N-methyl/N-ethyl adjacent to an activating group) is 1. The van der Waals surface area contributed by atoms with Crippen molar-refractivity contribution in [1.82, 2.24) is 24.4 Å². The number of benzene rings is 1. The number of hydrogen-bond acceptors (Lipinski definition) is 8. The van der Waals surface area contributed by atoms with Gasteiger partial charge in [-0.3, -0.25) is 4.79 Å². The highest BCUT2D eigenvalue weighted by Gasteiger charge is 2.29. The molecule has 2 aromatic heterocycles. The van der Waals surface area contributed by atoms with Gasteiger partial charge in [0.1, 0.15) is 29.5 Å². The summed E-state index contributed by atoms with van der Waals surface area (Å²) in [5, 5.41) is 3.13. The fourth-order valence-electron chi connectivity index (χ4n) is 4.93. The molecular formula is C26H33N7O2. The molecule has 1 saturated heterocycles. The van der Waals surface area contributed by atoms with Crippen molar-refractivity contribution in [2.24, 2.45) is 0 Å². The van der Waals surface area contributed by atoms with Crippen LogP contribution >= 0.6 is 0 Å². The van der Waals surface area contributed by atoms with E-state index >= 15 is 0 Å². The number of carbonyl (C=O) groups is 1. The van der Waals surface area contributed by atoms with Gasteiger partial charge in [-0.1, -0.05) is 0 Å². The number of carbonyl (C=O) groups excluding carboxylic acids is 1. The molecule has 0 saturated carbocycles. The van der Waals surface area contributed by atoms with Crippen LogP contribution in [-0.2, 0) is 17.8 Å². The molecule has 0 spiro atoms. The number of imidazole rings is 1. The zero-order chi connectivity index (χ0) is 24.4. The number of ketones is 1.